The molecular formula is C22H25FN4O. The zero-order valence-electron chi connectivity index (χ0n) is 16.3. The van der Waals surface area contributed by atoms with E-state index >= 15 is 0 Å². The number of aromatic nitrogens is 4. The molecule has 1 aliphatic carbocycles. The number of aryl methyl sites for hydroxylation is 1. The molecular weight excluding hydrogens is 355 g/mol. The molecule has 2 heterocycles. The van der Waals surface area contributed by atoms with Crippen LogP contribution in [0.4, 0.5) is 4.39 Å². The van der Waals surface area contributed by atoms with Gasteiger partial charge in [0.2, 0.25) is 5.88 Å². The van der Waals surface area contributed by atoms with E-state index in [0.717, 1.165) is 43.0 Å². The predicted molar refractivity (Wildman–Crippen MR) is 105 cm³/mol. The molecule has 0 N–H and O–H groups in total. The van der Waals surface area contributed by atoms with Gasteiger partial charge < -0.3 is 4.74 Å². The minimum atomic E-state index is -0.968. The number of hydrogen-bond acceptors (Lipinski definition) is 4. The second-order valence-electron chi connectivity index (χ2n) is 7.41. The number of nitrogens with zero attached hydrogens (tertiary/aromatic N) is 4. The fraction of sp³-hybridized carbons (Fsp3) is 0.409. The van der Waals surface area contributed by atoms with Crippen LogP contribution in [0.15, 0.2) is 48.7 Å². The quantitative estimate of drug-likeness (QED) is 0.617. The van der Waals surface area contributed by atoms with Gasteiger partial charge in [-0.05, 0) is 63.3 Å². The Morgan fingerprint density at radius 2 is 1.79 bits per heavy atom. The van der Waals surface area contributed by atoms with E-state index < -0.39 is 6.17 Å². The minimum absolute atomic E-state index is 0.189. The van der Waals surface area contributed by atoms with Crippen molar-refractivity contribution in [3.63, 3.8) is 0 Å². The molecule has 5 nitrogen and oxygen atoms in total. The molecule has 1 aromatic carbocycles. The van der Waals surface area contributed by atoms with Gasteiger partial charge in [0.05, 0.1) is 0 Å². The maximum absolute atomic E-state index is 13.5. The van der Waals surface area contributed by atoms with Crippen LogP contribution in [0.5, 0.6) is 5.88 Å². The van der Waals surface area contributed by atoms with Crippen molar-refractivity contribution in [3.05, 3.63) is 65.9 Å². The molecule has 1 unspecified atom stereocenters. The Kier molecular flexibility index (Phi) is 5.37. The fourth-order valence-electron chi connectivity index (χ4n) is 3.88. The Hall–Kier alpha value is -2.76. The molecule has 146 valence electrons. The van der Waals surface area contributed by atoms with E-state index in [2.05, 4.69) is 19.7 Å². The zero-order chi connectivity index (χ0) is 19.5. The summed E-state index contributed by atoms with van der Waals surface area (Å²) in [7, 11) is 0. The number of pyridine rings is 1. The lowest BCUT2D eigenvalue weighted by atomic mass is 9.86. The Labute approximate surface area is 164 Å². The Morgan fingerprint density at radius 1 is 1.04 bits per heavy atom. The van der Waals surface area contributed by atoms with Gasteiger partial charge in [-0.1, -0.05) is 18.2 Å². The molecule has 2 aromatic heterocycles. The van der Waals surface area contributed by atoms with E-state index in [1.165, 1.54) is 0 Å². The van der Waals surface area contributed by atoms with Gasteiger partial charge in [-0.15, -0.1) is 10.2 Å². The third kappa shape index (κ3) is 3.91. The fourth-order valence-corrected chi connectivity index (χ4v) is 3.88. The topological polar surface area (TPSA) is 52.8 Å². The standard InChI is InChI=1S/C22H25FN4O/c1-15(23)17-6-10-19(11-7-17)27-16(2)25-26-22(27)18-8-12-20(13-9-18)28-21-5-3-4-14-24-21/h3-7,10-11,14-15,18,20H,8-9,12-13H2,1-2H3. The van der Waals surface area contributed by atoms with Crippen molar-refractivity contribution in [3.8, 4) is 11.6 Å². The van der Waals surface area contributed by atoms with Gasteiger partial charge in [0, 0.05) is 23.9 Å². The van der Waals surface area contributed by atoms with Crippen molar-refractivity contribution < 1.29 is 9.13 Å². The smallest absolute Gasteiger partial charge is 0.213 e. The second kappa shape index (κ2) is 8.09. The number of rotatable bonds is 5. The summed E-state index contributed by atoms with van der Waals surface area (Å²) >= 11 is 0. The molecule has 28 heavy (non-hydrogen) atoms. The lowest BCUT2D eigenvalue weighted by Gasteiger charge is -2.28. The van der Waals surface area contributed by atoms with Gasteiger partial charge in [0.25, 0.3) is 0 Å². The summed E-state index contributed by atoms with van der Waals surface area (Å²) < 4.78 is 21.6. The first kappa shape index (κ1) is 18.6. The van der Waals surface area contributed by atoms with Crippen molar-refractivity contribution in [1.29, 1.82) is 0 Å². The van der Waals surface area contributed by atoms with Crippen LogP contribution in [-0.4, -0.2) is 25.9 Å². The Bertz CT molecular complexity index is 900. The zero-order valence-corrected chi connectivity index (χ0v) is 16.3. The number of ether oxygens (including phenoxy) is 1. The van der Waals surface area contributed by atoms with Crippen LogP contribution < -0.4 is 4.74 Å². The summed E-state index contributed by atoms with van der Waals surface area (Å²) in [6.07, 6.45) is 4.89. The number of halogens is 1. The van der Waals surface area contributed by atoms with E-state index in [1.807, 2.05) is 49.4 Å². The van der Waals surface area contributed by atoms with Gasteiger partial charge in [0.15, 0.2) is 0 Å². The van der Waals surface area contributed by atoms with Crippen molar-refractivity contribution in [2.45, 2.75) is 57.7 Å². The molecule has 0 radical (unpaired) electrons. The summed E-state index contributed by atoms with van der Waals surface area (Å²) in [4.78, 5) is 4.25. The van der Waals surface area contributed by atoms with Crippen LogP contribution in [0.3, 0.4) is 0 Å². The van der Waals surface area contributed by atoms with E-state index in [1.54, 1.807) is 13.1 Å². The summed E-state index contributed by atoms with van der Waals surface area (Å²) in [5.74, 6) is 2.86. The van der Waals surface area contributed by atoms with Gasteiger partial charge in [-0.25, -0.2) is 9.37 Å². The molecule has 1 fully saturated rings. The van der Waals surface area contributed by atoms with Gasteiger partial charge >= 0.3 is 0 Å². The molecule has 1 saturated carbocycles. The highest BCUT2D eigenvalue weighted by Crippen LogP contribution is 2.35. The summed E-state index contributed by atoms with van der Waals surface area (Å²) in [6.45, 7) is 3.51. The highest BCUT2D eigenvalue weighted by Gasteiger charge is 2.28. The van der Waals surface area contributed by atoms with E-state index in [9.17, 15) is 4.39 Å². The van der Waals surface area contributed by atoms with E-state index in [4.69, 9.17) is 4.74 Å². The van der Waals surface area contributed by atoms with Crippen LogP contribution in [0.1, 0.15) is 61.9 Å². The van der Waals surface area contributed by atoms with Crippen molar-refractivity contribution >= 4 is 0 Å². The lowest BCUT2D eigenvalue weighted by Crippen LogP contribution is -2.25. The van der Waals surface area contributed by atoms with Crippen LogP contribution in [0.25, 0.3) is 5.69 Å². The predicted octanol–water partition coefficient (Wildman–Crippen LogP) is 5.11. The second-order valence-corrected chi connectivity index (χ2v) is 7.41. The molecule has 0 spiro atoms. The summed E-state index contributed by atoms with van der Waals surface area (Å²) in [5, 5.41) is 8.78. The molecule has 0 saturated heterocycles. The minimum Gasteiger partial charge on any atom is -0.474 e. The first-order valence-corrected chi connectivity index (χ1v) is 9.86. The van der Waals surface area contributed by atoms with Gasteiger partial charge in [-0.3, -0.25) is 4.57 Å². The molecule has 0 aliphatic heterocycles. The maximum atomic E-state index is 13.5. The van der Waals surface area contributed by atoms with E-state index in [-0.39, 0.29) is 6.10 Å². The van der Waals surface area contributed by atoms with Gasteiger partial charge in [-0.2, -0.15) is 0 Å². The SMILES string of the molecule is Cc1nnc(C2CCC(Oc3ccccn3)CC2)n1-c1ccc(C(C)F)cc1. The summed E-state index contributed by atoms with van der Waals surface area (Å²) in [5.41, 5.74) is 1.66. The third-order valence-electron chi connectivity index (χ3n) is 5.43. The van der Waals surface area contributed by atoms with E-state index in [0.29, 0.717) is 17.4 Å². The van der Waals surface area contributed by atoms with Crippen molar-refractivity contribution in [1.82, 2.24) is 19.7 Å². The highest BCUT2D eigenvalue weighted by molar-refractivity contribution is 5.38. The maximum Gasteiger partial charge on any atom is 0.213 e. The Balaban J connectivity index is 1.47. The lowest BCUT2D eigenvalue weighted by molar-refractivity contribution is 0.139. The van der Waals surface area contributed by atoms with Crippen molar-refractivity contribution in [2.24, 2.45) is 0 Å². The Morgan fingerprint density at radius 3 is 2.43 bits per heavy atom. The van der Waals surface area contributed by atoms with Crippen LogP contribution in [0, 0.1) is 6.92 Å². The normalized spacial score (nSPS) is 20.7. The molecule has 4 rings (SSSR count). The van der Waals surface area contributed by atoms with Gasteiger partial charge in [0.1, 0.15) is 23.9 Å². The van der Waals surface area contributed by atoms with Crippen LogP contribution in [0.2, 0.25) is 0 Å². The molecule has 3 aromatic rings. The average Bonchev–Trinajstić information content (AvgIpc) is 3.11. The number of hydrogen-bond donors (Lipinski definition) is 0. The van der Waals surface area contributed by atoms with Crippen LogP contribution >= 0.6 is 0 Å². The number of alkyl halides is 1. The largest absolute Gasteiger partial charge is 0.474 e. The molecule has 6 heteroatoms. The molecule has 1 atom stereocenters. The van der Waals surface area contributed by atoms with Crippen molar-refractivity contribution in [2.75, 3.05) is 0 Å². The third-order valence-corrected chi connectivity index (χ3v) is 5.43. The molecule has 1 aliphatic rings. The molecule has 0 amide bonds. The monoisotopic (exact) mass is 380 g/mol. The number of benzene rings is 1. The first-order chi connectivity index (χ1) is 13.6. The highest BCUT2D eigenvalue weighted by atomic mass is 19.1. The average molecular weight is 380 g/mol. The van der Waals surface area contributed by atoms with Crippen LogP contribution in [-0.2, 0) is 0 Å². The molecule has 0 bridgehead atoms. The first-order valence-electron chi connectivity index (χ1n) is 9.86. The summed E-state index contributed by atoms with van der Waals surface area (Å²) in [6, 6.07) is 13.3.